The van der Waals surface area contributed by atoms with E-state index in [9.17, 15) is 0 Å². The molecule has 0 saturated carbocycles. The highest BCUT2D eigenvalue weighted by molar-refractivity contribution is 5.14. The molecule has 0 saturated heterocycles. The van der Waals surface area contributed by atoms with E-state index >= 15 is 0 Å². The van der Waals surface area contributed by atoms with Gasteiger partial charge in [-0.3, -0.25) is 0 Å². The molecular formula is C15H26N2. The van der Waals surface area contributed by atoms with E-state index in [2.05, 4.69) is 63.1 Å². The Bertz CT molecular complexity index is 298. The van der Waals surface area contributed by atoms with Crippen molar-refractivity contribution in [1.82, 2.24) is 4.90 Å². The van der Waals surface area contributed by atoms with Gasteiger partial charge in [-0.05, 0) is 31.4 Å². The molecule has 1 aromatic rings. The fourth-order valence-corrected chi connectivity index (χ4v) is 2.30. The van der Waals surface area contributed by atoms with E-state index in [1.165, 1.54) is 5.56 Å². The van der Waals surface area contributed by atoms with Gasteiger partial charge in [-0.1, -0.05) is 44.2 Å². The SMILES string of the molecule is CC(C)C(CN(C)Cc1ccccc1)C(C)N. The van der Waals surface area contributed by atoms with Crippen LogP contribution in [0, 0.1) is 11.8 Å². The second kappa shape index (κ2) is 6.77. The van der Waals surface area contributed by atoms with Crippen LogP contribution in [0.15, 0.2) is 30.3 Å². The number of nitrogens with two attached hydrogens (primary N) is 1. The van der Waals surface area contributed by atoms with Crippen LogP contribution >= 0.6 is 0 Å². The van der Waals surface area contributed by atoms with Crippen molar-refractivity contribution in [3.63, 3.8) is 0 Å². The monoisotopic (exact) mass is 234 g/mol. The summed E-state index contributed by atoms with van der Waals surface area (Å²) >= 11 is 0. The van der Waals surface area contributed by atoms with Gasteiger partial charge in [0.1, 0.15) is 0 Å². The normalized spacial score (nSPS) is 15.2. The summed E-state index contributed by atoms with van der Waals surface area (Å²) in [6.45, 7) is 8.68. The summed E-state index contributed by atoms with van der Waals surface area (Å²) in [5.41, 5.74) is 7.42. The van der Waals surface area contributed by atoms with Gasteiger partial charge in [0.2, 0.25) is 0 Å². The van der Waals surface area contributed by atoms with Crippen LogP contribution in [-0.2, 0) is 6.54 Å². The van der Waals surface area contributed by atoms with E-state index in [1.54, 1.807) is 0 Å². The third-order valence-electron chi connectivity index (χ3n) is 3.35. The van der Waals surface area contributed by atoms with E-state index in [4.69, 9.17) is 5.73 Å². The van der Waals surface area contributed by atoms with Crippen LogP contribution in [0.4, 0.5) is 0 Å². The Hall–Kier alpha value is -0.860. The highest BCUT2D eigenvalue weighted by Gasteiger charge is 2.19. The van der Waals surface area contributed by atoms with Crippen LogP contribution in [0.2, 0.25) is 0 Å². The fourth-order valence-electron chi connectivity index (χ4n) is 2.30. The van der Waals surface area contributed by atoms with Gasteiger partial charge in [-0.25, -0.2) is 0 Å². The Labute approximate surface area is 106 Å². The Morgan fingerprint density at radius 1 is 1.12 bits per heavy atom. The number of hydrogen-bond acceptors (Lipinski definition) is 2. The molecule has 2 atom stereocenters. The van der Waals surface area contributed by atoms with Crippen LogP contribution in [-0.4, -0.2) is 24.5 Å². The topological polar surface area (TPSA) is 29.3 Å². The van der Waals surface area contributed by atoms with Crippen LogP contribution in [0.1, 0.15) is 26.3 Å². The van der Waals surface area contributed by atoms with E-state index < -0.39 is 0 Å². The first-order chi connectivity index (χ1) is 8.00. The molecule has 0 aliphatic carbocycles. The first-order valence-electron chi connectivity index (χ1n) is 6.48. The van der Waals surface area contributed by atoms with Crippen LogP contribution in [0.3, 0.4) is 0 Å². The molecule has 0 fully saturated rings. The summed E-state index contributed by atoms with van der Waals surface area (Å²) in [5.74, 6) is 1.19. The first kappa shape index (κ1) is 14.2. The van der Waals surface area contributed by atoms with Crippen molar-refractivity contribution in [2.45, 2.75) is 33.4 Å². The van der Waals surface area contributed by atoms with Crippen molar-refractivity contribution in [2.24, 2.45) is 17.6 Å². The van der Waals surface area contributed by atoms with Gasteiger partial charge in [-0.2, -0.15) is 0 Å². The largest absolute Gasteiger partial charge is 0.328 e. The minimum atomic E-state index is 0.258. The third kappa shape index (κ3) is 4.88. The number of hydrogen-bond donors (Lipinski definition) is 1. The smallest absolute Gasteiger partial charge is 0.0230 e. The summed E-state index contributed by atoms with van der Waals surface area (Å²) in [6, 6.07) is 10.8. The van der Waals surface area contributed by atoms with Gasteiger partial charge in [0.15, 0.2) is 0 Å². The van der Waals surface area contributed by atoms with Crippen LogP contribution < -0.4 is 5.73 Å². The molecule has 0 amide bonds. The average molecular weight is 234 g/mol. The second-order valence-electron chi connectivity index (χ2n) is 5.45. The molecule has 0 radical (unpaired) electrons. The van der Waals surface area contributed by atoms with Crippen molar-refractivity contribution in [2.75, 3.05) is 13.6 Å². The standard InChI is InChI=1S/C15H26N2/c1-12(2)15(13(3)16)11-17(4)10-14-8-6-5-7-9-14/h5-9,12-13,15H,10-11,16H2,1-4H3. The number of benzene rings is 1. The third-order valence-corrected chi connectivity index (χ3v) is 3.35. The van der Waals surface area contributed by atoms with Gasteiger partial charge < -0.3 is 10.6 Å². The highest BCUT2D eigenvalue weighted by atomic mass is 15.1. The molecule has 1 rings (SSSR count). The molecule has 2 unspecified atom stereocenters. The lowest BCUT2D eigenvalue weighted by atomic mass is 9.89. The molecule has 0 heterocycles. The van der Waals surface area contributed by atoms with E-state index in [-0.39, 0.29) is 6.04 Å². The quantitative estimate of drug-likeness (QED) is 0.820. The predicted molar refractivity (Wildman–Crippen MR) is 74.8 cm³/mol. The lowest BCUT2D eigenvalue weighted by molar-refractivity contribution is 0.208. The lowest BCUT2D eigenvalue weighted by Gasteiger charge is -2.29. The zero-order valence-corrected chi connectivity index (χ0v) is 11.6. The average Bonchev–Trinajstić information content (AvgIpc) is 2.26. The first-order valence-corrected chi connectivity index (χ1v) is 6.48. The predicted octanol–water partition coefficient (Wildman–Crippen LogP) is 2.74. The number of rotatable bonds is 6. The molecule has 96 valence electrons. The fraction of sp³-hybridized carbons (Fsp3) is 0.600. The van der Waals surface area contributed by atoms with Gasteiger partial charge in [0, 0.05) is 19.1 Å². The molecule has 0 spiro atoms. The zero-order valence-electron chi connectivity index (χ0n) is 11.6. The van der Waals surface area contributed by atoms with Crippen molar-refractivity contribution in [1.29, 1.82) is 0 Å². The van der Waals surface area contributed by atoms with Gasteiger partial charge in [-0.15, -0.1) is 0 Å². The highest BCUT2D eigenvalue weighted by Crippen LogP contribution is 2.16. The maximum Gasteiger partial charge on any atom is 0.0230 e. The van der Waals surface area contributed by atoms with E-state index in [0.717, 1.165) is 13.1 Å². The second-order valence-corrected chi connectivity index (χ2v) is 5.45. The minimum Gasteiger partial charge on any atom is -0.328 e. The Balaban J connectivity index is 2.51. The molecule has 17 heavy (non-hydrogen) atoms. The van der Waals surface area contributed by atoms with Crippen molar-refractivity contribution >= 4 is 0 Å². The zero-order chi connectivity index (χ0) is 12.8. The Morgan fingerprint density at radius 2 is 1.71 bits per heavy atom. The molecule has 1 aromatic carbocycles. The van der Waals surface area contributed by atoms with Crippen molar-refractivity contribution in [3.8, 4) is 0 Å². The van der Waals surface area contributed by atoms with Crippen molar-refractivity contribution in [3.05, 3.63) is 35.9 Å². The molecule has 2 nitrogen and oxygen atoms in total. The Morgan fingerprint density at radius 3 is 2.18 bits per heavy atom. The van der Waals surface area contributed by atoms with Gasteiger partial charge >= 0.3 is 0 Å². The molecule has 0 aliphatic rings. The minimum absolute atomic E-state index is 0.258. The van der Waals surface area contributed by atoms with Crippen molar-refractivity contribution < 1.29 is 0 Å². The lowest BCUT2D eigenvalue weighted by Crippen LogP contribution is -2.38. The molecule has 0 aliphatic heterocycles. The molecular weight excluding hydrogens is 208 g/mol. The summed E-state index contributed by atoms with van der Waals surface area (Å²) in [6.07, 6.45) is 0. The summed E-state index contributed by atoms with van der Waals surface area (Å²) < 4.78 is 0. The van der Waals surface area contributed by atoms with Gasteiger partial charge in [0.05, 0.1) is 0 Å². The maximum atomic E-state index is 6.05. The van der Waals surface area contributed by atoms with E-state index in [1.807, 2.05) is 0 Å². The van der Waals surface area contributed by atoms with Crippen LogP contribution in [0.25, 0.3) is 0 Å². The molecule has 0 bridgehead atoms. The molecule has 0 aromatic heterocycles. The molecule has 2 N–H and O–H groups in total. The maximum absolute atomic E-state index is 6.05. The van der Waals surface area contributed by atoms with Crippen LogP contribution in [0.5, 0.6) is 0 Å². The Kier molecular flexibility index (Phi) is 5.66. The van der Waals surface area contributed by atoms with Gasteiger partial charge in [0.25, 0.3) is 0 Å². The summed E-state index contributed by atoms with van der Waals surface area (Å²) in [7, 11) is 2.17. The van der Waals surface area contributed by atoms with E-state index in [0.29, 0.717) is 11.8 Å². The summed E-state index contributed by atoms with van der Waals surface area (Å²) in [4.78, 5) is 2.36. The number of nitrogens with zero attached hydrogens (tertiary/aromatic N) is 1. The molecule has 2 heteroatoms. The summed E-state index contributed by atoms with van der Waals surface area (Å²) in [5, 5.41) is 0.